The van der Waals surface area contributed by atoms with Gasteiger partial charge in [0.05, 0.1) is 0 Å². The van der Waals surface area contributed by atoms with Crippen LogP contribution in [0.2, 0.25) is 0 Å². The van der Waals surface area contributed by atoms with Crippen molar-refractivity contribution in [1.82, 2.24) is 20.1 Å². The molecule has 3 aromatic heterocycles. The van der Waals surface area contributed by atoms with Crippen LogP contribution in [-0.4, -0.2) is 33.2 Å². The number of hydrogen-bond acceptors (Lipinski definition) is 4. The Labute approximate surface area is 127 Å². The molecule has 0 unspecified atom stereocenters. The summed E-state index contributed by atoms with van der Waals surface area (Å²) in [6.45, 7) is 3.41. The number of thiophene rings is 1. The lowest BCUT2D eigenvalue weighted by Gasteiger charge is -2.31. The van der Waals surface area contributed by atoms with Crippen LogP contribution in [0, 0.1) is 0 Å². The standard InChI is InChI=1S/C16H18N4S/c1-4-14-15(18-19-16(14)17-7-1)12-5-8-20(9-6-12)11-13-3-2-10-21-13/h1-4,7,10,12H,5-6,8-9,11H2,(H,17,18,19). The zero-order valence-corrected chi connectivity index (χ0v) is 12.6. The Morgan fingerprint density at radius 1 is 1.24 bits per heavy atom. The first-order valence-electron chi connectivity index (χ1n) is 7.44. The number of fused-ring (bicyclic) bond motifs is 1. The normalized spacial score (nSPS) is 17.5. The van der Waals surface area contributed by atoms with Crippen molar-refractivity contribution >= 4 is 22.4 Å². The zero-order chi connectivity index (χ0) is 14.1. The molecular weight excluding hydrogens is 280 g/mol. The fourth-order valence-electron chi connectivity index (χ4n) is 3.18. The molecule has 0 atom stereocenters. The van der Waals surface area contributed by atoms with Gasteiger partial charge in [-0.15, -0.1) is 11.3 Å². The third-order valence-electron chi connectivity index (χ3n) is 4.31. The van der Waals surface area contributed by atoms with E-state index >= 15 is 0 Å². The van der Waals surface area contributed by atoms with E-state index in [1.54, 1.807) is 6.20 Å². The van der Waals surface area contributed by atoms with Gasteiger partial charge in [-0.3, -0.25) is 10.00 Å². The van der Waals surface area contributed by atoms with E-state index in [2.05, 4.69) is 43.7 Å². The highest BCUT2D eigenvalue weighted by atomic mass is 32.1. The highest BCUT2D eigenvalue weighted by Crippen LogP contribution is 2.31. The minimum atomic E-state index is 0.582. The summed E-state index contributed by atoms with van der Waals surface area (Å²) < 4.78 is 0. The van der Waals surface area contributed by atoms with Crippen LogP contribution in [0.5, 0.6) is 0 Å². The van der Waals surface area contributed by atoms with Crippen LogP contribution in [0.15, 0.2) is 35.8 Å². The molecule has 1 N–H and O–H groups in total. The van der Waals surface area contributed by atoms with E-state index in [1.165, 1.54) is 28.8 Å². The molecule has 1 aliphatic rings. The zero-order valence-electron chi connectivity index (χ0n) is 11.8. The molecule has 0 bridgehead atoms. The van der Waals surface area contributed by atoms with Crippen LogP contribution < -0.4 is 0 Å². The summed E-state index contributed by atoms with van der Waals surface area (Å²) in [5, 5.41) is 10.9. The smallest absolute Gasteiger partial charge is 0.181 e. The van der Waals surface area contributed by atoms with Gasteiger partial charge in [0.1, 0.15) is 0 Å². The Balaban J connectivity index is 1.45. The highest BCUT2D eigenvalue weighted by Gasteiger charge is 2.23. The van der Waals surface area contributed by atoms with Gasteiger partial charge < -0.3 is 0 Å². The van der Waals surface area contributed by atoms with E-state index in [1.807, 2.05) is 17.4 Å². The van der Waals surface area contributed by atoms with Gasteiger partial charge in [-0.25, -0.2) is 4.98 Å². The monoisotopic (exact) mass is 298 g/mol. The van der Waals surface area contributed by atoms with Gasteiger partial charge in [0, 0.05) is 34.6 Å². The summed E-state index contributed by atoms with van der Waals surface area (Å²) in [6.07, 6.45) is 4.19. The van der Waals surface area contributed by atoms with Crippen LogP contribution in [0.4, 0.5) is 0 Å². The van der Waals surface area contributed by atoms with E-state index in [0.717, 1.165) is 25.3 Å². The molecule has 0 amide bonds. The largest absolute Gasteiger partial charge is 0.298 e. The number of nitrogens with zero attached hydrogens (tertiary/aromatic N) is 3. The highest BCUT2D eigenvalue weighted by molar-refractivity contribution is 7.09. The molecule has 4 nitrogen and oxygen atoms in total. The summed E-state index contributed by atoms with van der Waals surface area (Å²) in [5.41, 5.74) is 2.11. The quantitative estimate of drug-likeness (QED) is 0.806. The minimum Gasteiger partial charge on any atom is -0.298 e. The van der Waals surface area contributed by atoms with Gasteiger partial charge in [-0.05, 0) is 49.5 Å². The number of H-pyrrole nitrogens is 1. The van der Waals surface area contributed by atoms with Crippen LogP contribution in [-0.2, 0) is 6.54 Å². The average Bonchev–Trinajstić information content (AvgIpc) is 3.17. The molecule has 5 heteroatoms. The predicted molar refractivity (Wildman–Crippen MR) is 85.5 cm³/mol. The summed E-state index contributed by atoms with van der Waals surface area (Å²) in [5.74, 6) is 0.582. The Bertz CT molecular complexity index is 711. The molecule has 0 spiro atoms. The number of pyridine rings is 1. The fraction of sp³-hybridized carbons (Fsp3) is 0.375. The molecule has 1 aliphatic heterocycles. The first-order chi connectivity index (χ1) is 10.4. The molecule has 108 valence electrons. The maximum absolute atomic E-state index is 4.33. The number of piperidine rings is 1. The second kappa shape index (κ2) is 5.58. The number of nitrogens with one attached hydrogen (secondary N) is 1. The topological polar surface area (TPSA) is 44.8 Å². The van der Waals surface area contributed by atoms with Crippen molar-refractivity contribution in [1.29, 1.82) is 0 Å². The molecular formula is C16H18N4S. The van der Waals surface area contributed by atoms with Crippen molar-refractivity contribution in [2.45, 2.75) is 25.3 Å². The predicted octanol–water partition coefficient (Wildman–Crippen LogP) is 3.40. The van der Waals surface area contributed by atoms with E-state index in [4.69, 9.17) is 0 Å². The Kier molecular flexibility index (Phi) is 3.45. The number of aromatic amines is 1. The number of rotatable bonds is 3. The molecule has 0 saturated carbocycles. The number of likely N-dealkylation sites (tertiary alicyclic amines) is 1. The molecule has 4 heterocycles. The van der Waals surface area contributed by atoms with E-state index in [-0.39, 0.29) is 0 Å². The van der Waals surface area contributed by atoms with Gasteiger partial charge >= 0.3 is 0 Å². The summed E-state index contributed by atoms with van der Waals surface area (Å²) in [6, 6.07) is 8.48. The van der Waals surface area contributed by atoms with Crippen molar-refractivity contribution < 1.29 is 0 Å². The maximum atomic E-state index is 4.33. The first kappa shape index (κ1) is 13.0. The molecule has 3 aromatic rings. The average molecular weight is 298 g/mol. The van der Waals surface area contributed by atoms with Gasteiger partial charge in [-0.1, -0.05) is 6.07 Å². The second-order valence-electron chi connectivity index (χ2n) is 5.64. The molecule has 1 fully saturated rings. The first-order valence-corrected chi connectivity index (χ1v) is 8.32. The van der Waals surface area contributed by atoms with E-state index < -0.39 is 0 Å². The van der Waals surface area contributed by atoms with Gasteiger partial charge in [0.25, 0.3) is 0 Å². The van der Waals surface area contributed by atoms with Crippen LogP contribution in [0.3, 0.4) is 0 Å². The summed E-state index contributed by atoms with van der Waals surface area (Å²) in [7, 11) is 0. The molecule has 1 saturated heterocycles. The van der Waals surface area contributed by atoms with Crippen molar-refractivity contribution in [3.05, 3.63) is 46.4 Å². The fourth-order valence-corrected chi connectivity index (χ4v) is 3.93. The van der Waals surface area contributed by atoms with Crippen LogP contribution in [0.25, 0.3) is 11.0 Å². The molecule has 0 aliphatic carbocycles. The van der Waals surface area contributed by atoms with Gasteiger partial charge in [0.2, 0.25) is 0 Å². The van der Waals surface area contributed by atoms with Crippen molar-refractivity contribution in [3.8, 4) is 0 Å². The Morgan fingerprint density at radius 3 is 2.95 bits per heavy atom. The van der Waals surface area contributed by atoms with Crippen LogP contribution >= 0.6 is 11.3 Å². The molecule has 4 rings (SSSR count). The van der Waals surface area contributed by atoms with Crippen LogP contribution in [0.1, 0.15) is 29.3 Å². The van der Waals surface area contributed by atoms with Crippen molar-refractivity contribution in [3.63, 3.8) is 0 Å². The second-order valence-corrected chi connectivity index (χ2v) is 6.67. The lowest BCUT2D eigenvalue weighted by molar-refractivity contribution is 0.205. The van der Waals surface area contributed by atoms with E-state index in [0.29, 0.717) is 5.92 Å². The Hall–Kier alpha value is -1.72. The number of aromatic nitrogens is 3. The third-order valence-corrected chi connectivity index (χ3v) is 5.18. The minimum absolute atomic E-state index is 0.582. The third kappa shape index (κ3) is 2.59. The van der Waals surface area contributed by atoms with Gasteiger partial charge in [-0.2, -0.15) is 5.10 Å². The summed E-state index contributed by atoms with van der Waals surface area (Å²) in [4.78, 5) is 8.33. The van der Waals surface area contributed by atoms with Gasteiger partial charge in [0.15, 0.2) is 5.65 Å². The van der Waals surface area contributed by atoms with Crippen molar-refractivity contribution in [2.24, 2.45) is 0 Å². The van der Waals surface area contributed by atoms with Crippen molar-refractivity contribution in [2.75, 3.05) is 13.1 Å². The van der Waals surface area contributed by atoms with E-state index in [9.17, 15) is 0 Å². The molecule has 21 heavy (non-hydrogen) atoms. The maximum Gasteiger partial charge on any atom is 0.181 e. The lowest BCUT2D eigenvalue weighted by Crippen LogP contribution is -2.32. The molecule has 0 radical (unpaired) electrons. The number of hydrogen-bond donors (Lipinski definition) is 1. The molecule has 0 aromatic carbocycles. The lowest BCUT2D eigenvalue weighted by atomic mass is 9.92. The SMILES string of the molecule is c1csc(CN2CCC(c3[nH]nc4ncccc34)CC2)c1. The Morgan fingerprint density at radius 2 is 2.14 bits per heavy atom. The summed E-state index contributed by atoms with van der Waals surface area (Å²) >= 11 is 1.85.